The number of allylic oxidation sites excluding steroid dienone is 1. The first kappa shape index (κ1) is 15.1. The Labute approximate surface area is 137 Å². The van der Waals surface area contributed by atoms with Gasteiger partial charge in [0.1, 0.15) is 15.9 Å². The third kappa shape index (κ3) is 2.13. The maximum absolute atomic E-state index is 12.1. The maximum atomic E-state index is 12.1. The van der Waals surface area contributed by atoms with Crippen LogP contribution in [0.3, 0.4) is 0 Å². The topological polar surface area (TPSA) is 68.3 Å². The number of primary amides is 1. The monoisotopic (exact) mass is 333 g/mol. The number of rotatable bonds is 3. The highest BCUT2D eigenvalue weighted by Crippen LogP contribution is 2.41. The van der Waals surface area contributed by atoms with Crippen LogP contribution in [0.4, 0.5) is 4.79 Å². The summed E-state index contributed by atoms with van der Waals surface area (Å²) in [6.45, 7) is 5.84. The summed E-state index contributed by atoms with van der Waals surface area (Å²) in [5, 5.41) is 7.35. The number of nitrogens with zero attached hydrogens (tertiary/aromatic N) is 3. The van der Waals surface area contributed by atoms with Crippen LogP contribution < -0.4 is 5.73 Å². The van der Waals surface area contributed by atoms with Gasteiger partial charge in [-0.15, -0.1) is 22.7 Å². The Hall–Kier alpha value is -1.83. The number of urea groups is 1. The van der Waals surface area contributed by atoms with Gasteiger partial charge >= 0.3 is 6.03 Å². The Morgan fingerprint density at radius 3 is 2.77 bits per heavy atom. The largest absolute Gasteiger partial charge is 0.446 e. The second-order valence-corrected chi connectivity index (χ2v) is 7.29. The highest BCUT2D eigenvalue weighted by atomic mass is 32.1. The third-order valence-electron chi connectivity index (χ3n) is 3.69. The molecule has 2 N–H and O–H groups in total. The lowest BCUT2D eigenvalue weighted by molar-refractivity contribution is -0.804. The van der Waals surface area contributed by atoms with Crippen LogP contribution in [0.25, 0.3) is 15.6 Å². The lowest BCUT2D eigenvalue weighted by atomic mass is 10.2. The summed E-state index contributed by atoms with van der Waals surface area (Å²) in [6, 6.07) is 3.51. The molecule has 7 heteroatoms. The molecule has 0 bridgehead atoms. The first-order chi connectivity index (χ1) is 10.5. The SMILES string of the molecule is Cc1nc(-c2cccs2)sc1C1=CC=N[N+]1(C(N)=O)C(C)C. The summed E-state index contributed by atoms with van der Waals surface area (Å²) < 4.78 is -0.201. The zero-order valence-electron chi connectivity index (χ0n) is 12.6. The van der Waals surface area contributed by atoms with Crippen LogP contribution in [0, 0.1) is 6.92 Å². The number of carbonyl (C=O) groups excluding carboxylic acids is 1. The molecule has 2 amide bonds. The minimum Gasteiger partial charge on any atom is -0.316 e. The van der Waals surface area contributed by atoms with E-state index >= 15 is 0 Å². The van der Waals surface area contributed by atoms with E-state index in [4.69, 9.17) is 5.73 Å². The molecule has 2 aromatic rings. The molecular weight excluding hydrogens is 316 g/mol. The number of thiophene rings is 1. The number of nitrogens with two attached hydrogens (primary N) is 1. The van der Waals surface area contributed by atoms with E-state index in [1.54, 1.807) is 28.9 Å². The molecule has 1 aliphatic heterocycles. The number of carbonyl (C=O) groups is 1. The Morgan fingerprint density at radius 2 is 2.18 bits per heavy atom. The zero-order chi connectivity index (χ0) is 15.9. The van der Waals surface area contributed by atoms with Gasteiger partial charge in [-0.05, 0) is 32.2 Å². The molecule has 22 heavy (non-hydrogen) atoms. The van der Waals surface area contributed by atoms with E-state index in [2.05, 4.69) is 10.1 Å². The fourth-order valence-corrected chi connectivity index (χ4v) is 4.52. The van der Waals surface area contributed by atoms with Crippen molar-refractivity contribution in [2.75, 3.05) is 0 Å². The summed E-state index contributed by atoms with van der Waals surface area (Å²) in [5.74, 6) is 0. The van der Waals surface area contributed by atoms with Crippen LogP contribution in [0.15, 0.2) is 28.7 Å². The number of hydrogen-bond donors (Lipinski definition) is 1. The average Bonchev–Trinajstić information content (AvgIpc) is 3.16. The summed E-state index contributed by atoms with van der Waals surface area (Å²) >= 11 is 3.23. The molecule has 0 aliphatic carbocycles. The van der Waals surface area contributed by atoms with Crippen LogP contribution in [-0.2, 0) is 0 Å². The molecule has 0 fully saturated rings. The maximum Gasteiger partial charge on any atom is 0.446 e. The molecule has 3 rings (SSSR count). The van der Waals surface area contributed by atoms with Crippen LogP contribution >= 0.6 is 22.7 Å². The Kier molecular flexibility index (Phi) is 3.72. The summed E-state index contributed by atoms with van der Waals surface area (Å²) in [6.07, 6.45) is 3.52. The Morgan fingerprint density at radius 1 is 1.41 bits per heavy atom. The molecule has 0 saturated heterocycles. The predicted molar refractivity (Wildman–Crippen MR) is 91.6 cm³/mol. The highest BCUT2D eigenvalue weighted by Gasteiger charge is 2.48. The molecule has 0 aromatic carbocycles. The number of quaternary nitrogens is 1. The molecule has 1 atom stereocenters. The number of amides is 2. The van der Waals surface area contributed by atoms with E-state index in [9.17, 15) is 4.79 Å². The first-order valence-electron chi connectivity index (χ1n) is 6.93. The molecule has 1 aliphatic rings. The molecule has 1 unspecified atom stereocenters. The van der Waals surface area contributed by atoms with Gasteiger partial charge in [0.05, 0.1) is 16.8 Å². The Bertz CT molecular complexity index is 774. The Balaban J connectivity index is 2.10. The van der Waals surface area contributed by atoms with Gasteiger partial charge in [-0.1, -0.05) is 15.8 Å². The van der Waals surface area contributed by atoms with E-state index in [1.165, 1.54) is 0 Å². The minimum atomic E-state index is -0.472. The standard InChI is InChI=1S/C15H16N4OS2/c1-9(2)19(15(16)20)11(6-7-17-19)13-10(3)18-14(22-13)12-5-4-8-21-12/h4-9H,1-3H3,(H-,16,20)/p+1. The summed E-state index contributed by atoms with van der Waals surface area (Å²) in [4.78, 5) is 18.9. The quantitative estimate of drug-likeness (QED) is 0.868. The van der Waals surface area contributed by atoms with Gasteiger partial charge in [-0.25, -0.2) is 9.78 Å². The summed E-state index contributed by atoms with van der Waals surface area (Å²) in [7, 11) is 0. The minimum absolute atomic E-state index is 0.0748. The average molecular weight is 333 g/mol. The number of thiazole rings is 1. The second kappa shape index (κ2) is 5.42. The molecule has 114 valence electrons. The van der Waals surface area contributed by atoms with Gasteiger partial charge < -0.3 is 5.73 Å². The number of aryl methyl sites for hydroxylation is 1. The highest BCUT2D eigenvalue weighted by molar-refractivity contribution is 7.21. The first-order valence-corrected chi connectivity index (χ1v) is 8.63. The molecule has 0 saturated carbocycles. The lowest BCUT2D eigenvalue weighted by Crippen LogP contribution is -2.53. The van der Waals surface area contributed by atoms with Crippen LogP contribution in [0.5, 0.6) is 0 Å². The van der Waals surface area contributed by atoms with E-state index in [0.29, 0.717) is 0 Å². The van der Waals surface area contributed by atoms with Crippen molar-refractivity contribution in [3.05, 3.63) is 34.2 Å². The normalized spacial score (nSPS) is 20.6. The van der Waals surface area contributed by atoms with Crippen molar-refractivity contribution < 1.29 is 9.39 Å². The van der Waals surface area contributed by atoms with Gasteiger partial charge in [0.25, 0.3) is 0 Å². The van der Waals surface area contributed by atoms with E-state index in [0.717, 1.165) is 26.2 Å². The van der Waals surface area contributed by atoms with Crippen LogP contribution in [0.1, 0.15) is 24.4 Å². The molecule has 0 spiro atoms. The van der Waals surface area contributed by atoms with Crippen molar-refractivity contribution in [3.8, 4) is 9.88 Å². The van der Waals surface area contributed by atoms with Crippen molar-refractivity contribution in [2.24, 2.45) is 10.8 Å². The van der Waals surface area contributed by atoms with Gasteiger partial charge in [0, 0.05) is 6.08 Å². The van der Waals surface area contributed by atoms with E-state index in [1.807, 2.05) is 44.4 Å². The van der Waals surface area contributed by atoms with Crippen molar-refractivity contribution in [1.82, 2.24) is 4.98 Å². The van der Waals surface area contributed by atoms with Crippen LogP contribution in [0.2, 0.25) is 0 Å². The van der Waals surface area contributed by atoms with Gasteiger partial charge in [0.2, 0.25) is 0 Å². The van der Waals surface area contributed by atoms with Gasteiger partial charge in [-0.3, -0.25) is 0 Å². The molecule has 3 heterocycles. The van der Waals surface area contributed by atoms with Crippen LogP contribution in [-0.4, -0.2) is 27.9 Å². The van der Waals surface area contributed by atoms with Gasteiger partial charge in [-0.2, -0.15) is 0 Å². The zero-order valence-corrected chi connectivity index (χ0v) is 14.2. The molecule has 0 radical (unpaired) electrons. The van der Waals surface area contributed by atoms with E-state index in [-0.39, 0.29) is 10.6 Å². The van der Waals surface area contributed by atoms with Crippen molar-refractivity contribution in [2.45, 2.75) is 26.8 Å². The van der Waals surface area contributed by atoms with Crippen molar-refractivity contribution in [1.29, 1.82) is 0 Å². The third-order valence-corrected chi connectivity index (χ3v) is 5.91. The number of aromatic nitrogens is 1. The van der Waals surface area contributed by atoms with E-state index < -0.39 is 6.03 Å². The fourth-order valence-electron chi connectivity index (χ4n) is 2.60. The lowest BCUT2D eigenvalue weighted by Gasteiger charge is -2.29. The van der Waals surface area contributed by atoms with Crippen molar-refractivity contribution in [3.63, 3.8) is 0 Å². The summed E-state index contributed by atoms with van der Waals surface area (Å²) in [5.41, 5.74) is 7.38. The molecular formula is C15H17N4OS2+. The fraction of sp³-hybridized carbons (Fsp3) is 0.267. The molecule has 5 nitrogen and oxygen atoms in total. The second-order valence-electron chi connectivity index (χ2n) is 5.34. The molecule has 2 aromatic heterocycles. The predicted octanol–water partition coefficient (Wildman–Crippen LogP) is 3.82. The van der Waals surface area contributed by atoms with Crippen molar-refractivity contribution >= 4 is 40.6 Å². The van der Waals surface area contributed by atoms with Gasteiger partial charge in [0.15, 0.2) is 5.70 Å². The smallest absolute Gasteiger partial charge is 0.316 e. The number of hydrogen-bond acceptors (Lipinski definition) is 5.